The molecule has 142 valence electrons. The highest BCUT2D eigenvalue weighted by atomic mass is 35.5. The summed E-state index contributed by atoms with van der Waals surface area (Å²) in [6.45, 7) is 2.65. The van der Waals surface area contributed by atoms with Gasteiger partial charge in [0.25, 0.3) is 0 Å². The highest BCUT2D eigenvalue weighted by Gasteiger charge is 2.35. The van der Waals surface area contributed by atoms with Gasteiger partial charge in [-0.25, -0.2) is 0 Å². The third kappa shape index (κ3) is 5.90. The van der Waals surface area contributed by atoms with E-state index in [4.69, 9.17) is 4.74 Å². The molecule has 3 nitrogen and oxygen atoms in total. The van der Waals surface area contributed by atoms with Gasteiger partial charge in [0.1, 0.15) is 11.5 Å². The normalized spacial score (nSPS) is 16.6. The summed E-state index contributed by atoms with van der Waals surface area (Å²) >= 11 is 0. The highest BCUT2D eigenvalue weighted by molar-refractivity contribution is 5.85. The van der Waals surface area contributed by atoms with Crippen molar-refractivity contribution < 1.29 is 17.9 Å². The van der Waals surface area contributed by atoms with Crippen LogP contribution >= 0.6 is 12.4 Å². The van der Waals surface area contributed by atoms with Crippen molar-refractivity contribution in [3.05, 3.63) is 60.2 Å². The van der Waals surface area contributed by atoms with E-state index in [-0.39, 0.29) is 12.4 Å². The molecule has 0 spiro atoms. The summed E-state index contributed by atoms with van der Waals surface area (Å²) < 4.78 is 44.9. The standard InChI is InChI=1S/C19H21F3N2O.ClH/c20-19(21,22)14-18(24-12-10-23-11-13-24)15-6-8-17(9-7-15)25-16-4-2-1-3-5-16;/h1-9,18,23H,10-14H2;1H/t18-;/m1./s1. The number of hydrogen-bond donors (Lipinski definition) is 1. The zero-order chi connectivity index (χ0) is 17.7. The molecule has 7 heteroatoms. The lowest BCUT2D eigenvalue weighted by atomic mass is 10.0. The lowest BCUT2D eigenvalue weighted by Gasteiger charge is -2.35. The van der Waals surface area contributed by atoms with Crippen molar-refractivity contribution in [1.82, 2.24) is 10.2 Å². The predicted octanol–water partition coefficient (Wildman–Crippen LogP) is 4.80. The SMILES string of the molecule is Cl.FC(F)(F)C[C@H](c1ccc(Oc2ccccc2)cc1)N1CCNCC1. The number of alkyl halides is 3. The average Bonchev–Trinajstić information content (AvgIpc) is 2.61. The van der Waals surface area contributed by atoms with E-state index in [0.717, 1.165) is 0 Å². The molecule has 1 aliphatic heterocycles. The van der Waals surface area contributed by atoms with Gasteiger partial charge in [0, 0.05) is 32.2 Å². The van der Waals surface area contributed by atoms with E-state index < -0.39 is 18.6 Å². The fourth-order valence-electron chi connectivity index (χ4n) is 3.05. The Morgan fingerprint density at radius 1 is 0.923 bits per heavy atom. The molecule has 0 aliphatic carbocycles. The van der Waals surface area contributed by atoms with Gasteiger partial charge in [-0.1, -0.05) is 30.3 Å². The first-order valence-corrected chi connectivity index (χ1v) is 8.36. The summed E-state index contributed by atoms with van der Waals surface area (Å²) in [6, 6.07) is 15.6. The first-order valence-electron chi connectivity index (χ1n) is 8.36. The average molecular weight is 387 g/mol. The van der Waals surface area contributed by atoms with Crippen LogP contribution in [-0.2, 0) is 0 Å². The van der Waals surface area contributed by atoms with Gasteiger partial charge in [-0.15, -0.1) is 12.4 Å². The number of ether oxygens (including phenoxy) is 1. The van der Waals surface area contributed by atoms with Gasteiger partial charge in [-0.05, 0) is 29.8 Å². The Bertz CT molecular complexity index is 659. The van der Waals surface area contributed by atoms with Gasteiger partial charge in [0.2, 0.25) is 0 Å². The van der Waals surface area contributed by atoms with E-state index in [1.54, 1.807) is 24.3 Å². The molecule has 1 saturated heterocycles. The van der Waals surface area contributed by atoms with Gasteiger partial charge in [-0.3, -0.25) is 4.90 Å². The Morgan fingerprint density at radius 2 is 1.50 bits per heavy atom. The summed E-state index contributed by atoms with van der Waals surface area (Å²) in [6.07, 6.45) is -5.04. The molecule has 0 radical (unpaired) electrons. The van der Waals surface area contributed by atoms with E-state index >= 15 is 0 Å². The second kappa shape index (κ2) is 9.26. The number of nitrogens with one attached hydrogen (secondary N) is 1. The van der Waals surface area contributed by atoms with Crippen molar-refractivity contribution in [3.63, 3.8) is 0 Å². The zero-order valence-corrected chi connectivity index (χ0v) is 15.0. The molecule has 2 aromatic carbocycles. The minimum atomic E-state index is -4.20. The molecule has 0 unspecified atom stereocenters. The number of benzene rings is 2. The molecular weight excluding hydrogens is 365 g/mol. The molecule has 1 heterocycles. The van der Waals surface area contributed by atoms with Crippen LogP contribution in [0, 0.1) is 0 Å². The lowest BCUT2D eigenvalue weighted by molar-refractivity contribution is -0.148. The van der Waals surface area contributed by atoms with Crippen LogP contribution in [0.2, 0.25) is 0 Å². The molecule has 0 bridgehead atoms. The molecule has 1 aliphatic rings. The van der Waals surface area contributed by atoms with Crippen molar-refractivity contribution in [1.29, 1.82) is 0 Å². The van der Waals surface area contributed by atoms with Gasteiger partial charge < -0.3 is 10.1 Å². The van der Waals surface area contributed by atoms with Gasteiger partial charge in [0.15, 0.2) is 0 Å². The van der Waals surface area contributed by atoms with Crippen LogP contribution in [0.5, 0.6) is 11.5 Å². The van der Waals surface area contributed by atoms with Crippen LogP contribution in [0.3, 0.4) is 0 Å². The third-order valence-electron chi connectivity index (χ3n) is 4.26. The Kier molecular flexibility index (Phi) is 7.32. The van der Waals surface area contributed by atoms with Crippen LogP contribution < -0.4 is 10.1 Å². The topological polar surface area (TPSA) is 24.5 Å². The van der Waals surface area contributed by atoms with Crippen molar-refractivity contribution in [2.45, 2.75) is 18.6 Å². The molecule has 0 aromatic heterocycles. The fraction of sp³-hybridized carbons (Fsp3) is 0.368. The first kappa shape index (κ1) is 20.6. The zero-order valence-electron chi connectivity index (χ0n) is 14.2. The summed E-state index contributed by atoms with van der Waals surface area (Å²) in [5.74, 6) is 1.31. The van der Waals surface area contributed by atoms with Gasteiger partial charge >= 0.3 is 6.18 Å². The van der Waals surface area contributed by atoms with Crippen molar-refractivity contribution in [2.24, 2.45) is 0 Å². The van der Waals surface area contributed by atoms with E-state index in [0.29, 0.717) is 43.2 Å². The second-order valence-electron chi connectivity index (χ2n) is 6.11. The molecule has 26 heavy (non-hydrogen) atoms. The quantitative estimate of drug-likeness (QED) is 0.798. The monoisotopic (exact) mass is 386 g/mol. The summed E-state index contributed by atoms with van der Waals surface area (Å²) in [5, 5.41) is 3.18. The largest absolute Gasteiger partial charge is 0.457 e. The summed E-state index contributed by atoms with van der Waals surface area (Å²) in [7, 11) is 0. The lowest BCUT2D eigenvalue weighted by Crippen LogP contribution is -2.46. The number of para-hydroxylation sites is 1. The van der Waals surface area contributed by atoms with E-state index in [2.05, 4.69) is 5.32 Å². The third-order valence-corrected chi connectivity index (χ3v) is 4.26. The number of nitrogens with zero attached hydrogens (tertiary/aromatic N) is 1. The Balaban J connectivity index is 0.00000243. The van der Waals surface area contributed by atoms with Crippen molar-refractivity contribution >= 4 is 12.4 Å². The molecular formula is C19H22ClF3N2O. The van der Waals surface area contributed by atoms with Crippen molar-refractivity contribution in [3.8, 4) is 11.5 Å². The molecule has 3 rings (SSSR count). The molecule has 1 N–H and O–H groups in total. The maximum absolute atomic E-state index is 13.0. The number of hydrogen-bond acceptors (Lipinski definition) is 3. The molecule has 2 aromatic rings. The molecule has 1 atom stereocenters. The number of halogens is 4. The Labute approximate surface area is 157 Å². The second-order valence-corrected chi connectivity index (χ2v) is 6.11. The minimum Gasteiger partial charge on any atom is -0.457 e. The number of piperazine rings is 1. The van der Waals surface area contributed by atoms with E-state index in [9.17, 15) is 13.2 Å². The maximum atomic E-state index is 13.0. The predicted molar refractivity (Wildman–Crippen MR) is 98.1 cm³/mol. The van der Waals surface area contributed by atoms with E-state index in [1.807, 2.05) is 35.2 Å². The minimum absolute atomic E-state index is 0. The van der Waals surface area contributed by atoms with E-state index in [1.165, 1.54) is 0 Å². The highest BCUT2D eigenvalue weighted by Crippen LogP contribution is 2.35. The van der Waals surface area contributed by atoms with Crippen molar-refractivity contribution in [2.75, 3.05) is 26.2 Å². The van der Waals surface area contributed by atoms with Crippen LogP contribution in [-0.4, -0.2) is 37.3 Å². The van der Waals surface area contributed by atoms with Crippen LogP contribution in [0.4, 0.5) is 13.2 Å². The van der Waals surface area contributed by atoms with Crippen LogP contribution in [0.25, 0.3) is 0 Å². The smallest absolute Gasteiger partial charge is 0.390 e. The van der Waals surface area contributed by atoms with Crippen LogP contribution in [0.15, 0.2) is 54.6 Å². The molecule has 1 fully saturated rings. The molecule has 0 saturated carbocycles. The fourth-order valence-corrected chi connectivity index (χ4v) is 3.05. The molecule has 0 amide bonds. The maximum Gasteiger partial charge on any atom is 0.390 e. The Morgan fingerprint density at radius 3 is 2.08 bits per heavy atom. The Hall–Kier alpha value is -1.76. The van der Waals surface area contributed by atoms with Crippen LogP contribution in [0.1, 0.15) is 18.0 Å². The summed E-state index contributed by atoms with van der Waals surface area (Å²) in [5.41, 5.74) is 0.666. The first-order chi connectivity index (χ1) is 12.0. The number of rotatable bonds is 5. The van der Waals surface area contributed by atoms with Gasteiger partial charge in [-0.2, -0.15) is 13.2 Å². The summed E-state index contributed by atoms with van der Waals surface area (Å²) in [4.78, 5) is 1.90. The van der Waals surface area contributed by atoms with Gasteiger partial charge in [0.05, 0.1) is 6.42 Å².